The predicted molar refractivity (Wildman–Crippen MR) is 428 cm³/mol. The third kappa shape index (κ3) is 74.2. The van der Waals surface area contributed by atoms with Gasteiger partial charge in [0.25, 0.3) is 0 Å². The van der Waals surface area contributed by atoms with Crippen LogP contribution >= 0.6 is 15.6 Å². The average Bonchev–Trinajstić information content (AvgIpc) is 0.911. The summed E-state index contributed by atoms with van der Waals surface area (Å²) in [6, 6.07) is 0. The van der Waals surface area contributed by atoms with E-state index in [1.54, 1.807) is 0 Å². The molecule has 0 rings (SSSR count). The van der Waals surface area contributed by atoms with Gasteiger partial charge in [-0.25, -0.2) is 9.13 Å². The van der Waals surface area contributed by atoms with Gasteiger partial charge in [0.05, 0.1) is 26.4 Å². The molecule has 0 saturated carbocycles. The molecule has 19 heteroatoms. The van der Waals surface area contributed by atoms with Crippen molar-refractivity contribution in [3.05, 3.63) is 0 Å². The zero-order chi connectivity index (χ0) is 76.7. The first-order valence-corrected chi connectivity index (χ1v) is 46.8. The topological polar surface area (TPSA) is 237 Å². The summed E-state index contributed by atoms with van der Waals surface area (Å²) < 4.78 is 68.8. The van der Waals surface area contributed by atoms with Crippen LogP contribution in [0.1, 0.15) is 441 Å². The maximum atomic E-state index is 13.1. The number of hydrogen-bond acceptors (Lipinski definition) is 15. The maximum Gasteiger partial charge on any atom is 0.472 e. The number of phosphoric ester groups is 2. The highest BCUT2D eigenvalue weighted by Gasteiger charge is 2.31. The van der Waals surface area contributed by atoms with E-state index in [2.05, 4.69) is 55.4 Å². The van der Waals surface area contributed by atoms with Gasteiger partial charge in [-0.3, -0.25) is 37.3 Å². The summed E-state index contributed by atoms with van der Waals surface area (Å²) in [5.74, 6) is 1.10. The summed E-state index contributed by atoms with van der Waals surface area (Å²) in [5.41, 5.74) is 0. The van der Waals surface area contributed by atoms with Gasteiger partial charge in [-0.1, -0.05) is 389 Å². The molecule has 0 aliphatic carbocycles. The van der Waals surface area contributed by atoms with Crippen LogP contribution in [0.25, 0.3) is 0 Å². The van der Waals surface area contributed by atoms with E-state index >= 15 is 0 Å². The number of rotatable bonds is 82. The number of carbonyl (C=O) groups is 4. The minimum atomic E-state index is -4.96. The van der Waals surface area contributed by atoms with Crippen molar-refractivity contribution in [3.63, 3.8) is 0 Å². The lowest BCUT2D eigenvalue weighted by Crippen LogP contribution is -2.30. The molecule has 3 N–H and O–H groups in total. The van der Waals surface area contributed by atoms with Gasteiger partial charge in [0.15, 0.2) is 12.2 Å². The van der Waals surface area contributed by atoms with Crippen molar-refractivity contribution in [1.82, 2.24) is 0 Å². The van der Waals surface area contributed by atoms with Crippen molar-refractivity contribution in [3.8, 4) is 0 Å². The Hall–Kier alpha value is -1.94. The number of esters is 4. The predicted octanol–water partition coefficient (Wildman–Crippen LogP) is 25.6. The van der Waals surface area contributed by atoms with E-state index in [-0.39, 0.29) is 25.7 Å². The minimum Gasteiger partial charge on any atom is -0.462 e. The van der Waals surface area contributed by atoms with Crippen molar-refractivity contribution in [1.29, 1.82) is 0 Å². The van der Waals surface area contributed by atoms with Crippen LogP contribution in [0.4, 0.5) is 0 Å². The fourth-order valence-corrected chi connectivity index (χ4v) is 14.6. The van der Waals surface area contributed by atoms with Gasteiger partial charge in [0, 0.05) is 25.7 Å². The molecule has 0 fully saturated rings. The lowest BCUT2D eigenvalue weighted by atomic mass is 9.99. The molecule has 0 heterocycles. The van der Waals surface area contributed by atoms with Crippen LogP contribution in [-0.2, 0) is 65.4 Å². The summed E-state index contributed by atoms with van der Waals surface area (Å²) >= 11 is 0. The Balaban J connectivity index is 5.20. The largest absolute Gasteiger partial charge is 0.472 e. The van der Waals surface area contributed by atoms with E-state index in [0.717, 1.165) is 120 Å². The Morgan fingerprint density at radius 2 is 0.462 bits per heavy atom. The van der Waals surface area contributed by atoms with Crippen LogP contribution in [0, 0.1) is 23.7 Å². The van der Waals surface area contributed by atoms with E-state index in [4.69, 9.17) is 37.0 Å². The molecule has 17 nitrogen and oxygen atoms in total. The highest BCUT2D eigenvalue weighted by Crippen LogP contribution is 2.45. The molecule has 0 aromatic carbocycles. The molecule has 618 valence electrons. The van der Waals surface area contributed by atoms with Crippen LogP contribution in [0.15, 0.2) is 0 Å². The van der Waals surface area contributed by atoms with Crippen LogP contribution < -0.4 is 0 Å². The molecule has 0 aliphatic rings. The van der Waals surface area contributed by atoms with Crippen molar-refractivity contribution in [2.45, 2.75) is 459 Å². The number of phosphoric acid groups is 2. The molecule has 0 aliphatic heterocycles. The molecule has 0 radical (unpaired) electrons. The highest BCUT2D eigenvalue weighted by molar-refractivity contribution is 7.47. The molecular formula is C85H166O17P2. The summed E-state index contributed by atoms with van der Waals surface area (Å²) in [4.78, 5) is 73.2. The van der Waals surface area contributed by atoms with E-state index in [1.165, 1.54) is 238 Å². The zero-order valence-corrected chi connectivity index (χ0v) is 70.5. The first-order chi connectivity index (χ1) is 50.2. The molecule has 0 bridgehead atoms. The number of carbonyl (C=O) groups excluding carboxylic acids is 4. The third-order valence-electron chi connectivity index (χ3n) is 20.9. The fourth-order valence-electron chi connectivity index (χ4n) is 13.0. The molecular weight excluding hydrogens is 1350 g/mol. The molecule has 0 aromatic heterocycles. The zero-order valence-electron chi connectivity index (χ0n) is 68.7. The summed E-state index contributed by atoms with van der Waals surface area (Å²) in [6.07, 6.45) is 62.4. The van der Waals surface area contributed by atoms with Crippen LogP contribution in [0.2, 0.25) is 0 Å². The minimum absolute atomic E-state index is 0.106. The molecule has 0 amide bonds. The first kappa shape index (κ1) is 102. The number of hydrogen-bond donors (Lipinski definition) is 3. The Labute approximate surface area is 638 Å². The van der Waals surface area contributed by atoms with Crippen LogP contribution in [0.5, 0.6) is 0 Å². The molecule has 0 saturated heterocycles. The molecule has 0 aromatic rings. The molecule has 5 unspecified atom stereocenters. The third-order valence-corrected chi connectivity index (χ3v) is 22.8. The van der Waals surface area contributed by atoms with E-state index in [1.807, 2.05) is 0 Å². The van der Waals surface area contributed by atoms with E-state index in [0.29, 0.717) is 25.7 Å². The first-order valence-electron chi connectivity index (χ1n) is 43.8. The number of aliphatic hydroxyl groups excluding tert-OH is 1. The second-order valence-electron chi connectivity index (χ2n) is 31.8. The van der Waals surface area contributed by atoms with Gasteiger partial charge in [-0.05, 0) is 49.4 Å². The fraction of sp³-hybridized carbons (Fsp3) is 0.953. The summed E-state index contributed by atoms with van der Waals surface area (Å²) in [6.45, 7) is 14.4. The van der Waals surface area contributed by atoms with Gasteiger partial charge in [-0.15, -0.1) is 0 Å². The Morgan fingerprint density at radius 3 is 0.683 bits per heavy atom. The van der Waals surface area contributed by atoms with Gasteiger partial charge < -0.3 is 33.8 Å². The second-order valence-corrected chi connectivity index (χ2v) is 34.7. The van der Waals surface area contributed by atoms with Crippen LogP contribution in [0.3, 0.4) is 0 Å². The summed E-state index contributed by atoms with van der Waals surface area (Å²) in [7, 11) is -9.93. The average molecular weight is 1520 g/mol. The quantitative estimate of drug-likeness (QED) is 0.0222. The van der Waals surface area contributed by atoms with Gasteiger partial charge in [-0.2, -0.15) is 0 Å². The Kier molecular flexibility index (Phi) is 72.5. The van der Waals surface area contributed by atoms with Crippen molar-refractivity contribution >= 4 is 39.5 Å². The van der Waals surface area contributed by atoms with E-state index in [9.17, 15) is 43.2 Å². The lowest BCUT2D eigenvalue weighted by molar-refractivity contribution is -0.161. The van der Waals surface area contributed by atoms with Gasteiger partial charge in [0.1, 0.15) is 19.3 Å². The lowest BCUT2D eigenvalue weighted by Gasteiger charge is -2.21. The normalized spacial score (nSPS) is 14.7. The number of ether oxygens (including phenoxy) is 4. The Morgan fingerprint density at radius 1 is 0.269 bits per heavy atom. The van der Waals surface area contributed by atoms with Crippen molar-refractivity contribution in [2.24, 2.45) is 23.7 Å². The smallest absolute Gasteiger partial charge is 0.462 e. The molecule has 104 heavy (non-hydrogen) atoms. The highest BCUT2D eigenvalue weighted by atomic mass is 31.2. The van der Waals surface area contributed by atoms with Crippen LogP contribution in [-0.4, -0.2) is 96.7 Å². The van der Waals surface area contributed by atoms with Gasteiger partial charge in [0.2, 0.25) is 0 Å². The van der Waals surface area contributed by atoms with Crippen molar-refractivity contribution < 1.29 is 80.2 Å². The SMILES string of the molecule is CCC(C)CCCCCCCCCCCCCCCCCCCCC(=O)O[C@H](COC(=O)CCCCCCCCC(C)CC)COP(=O)(O)OC[C@H](O)COP(=O)(O)OC[C@@H](COC(=O)CCCCCCCCCCCCCCCCCC(C)C)OC(=O)CCCCCCCCCCCCC(C)CC. The molecule has 8 atom stereocenters. The maximum absolute atomic E-state index is 13.1. The number of unbranched alkanes of at least 4 members (excludes halogenated alkanes) is 45. The van der Waals surface area contributed by atoms with Crippen molar-refractivity contribution in [2.75, 3.05) is 39.6 Å². The monoisotopic (exact) mass is 1520 g/mol. The van der Waals surface area contributed by atoms with E-state index < -0.39 is 97.5 Å². The summed E-state index contributed by atoms with van der Waals surface area (Å²) in [5, 5.41) is 10.7. The standard InChI is InChI=1S/C85H166O17P2/c1-9-76(6)62-54-46-38-32-26-22-18-14-12-13-15-19-24-28-35-41-51-59-67-84(89)102-81(72-96-83(88)66-58-50-44-43-48-56-64-78(8)11-3)74-100-104(93,94)98-70-79(86)69-97-103(91,92)99-73-80(101-85(90)68-60-52-42-36-30-29-33-39-47-55-63-77(7)10-2)71-95-82(87)65-57-49-40-34-27-23-20-16-17-21-25-31-37-45-53-61-75(4)5/h75-81,86H,9-74H2,1-8H3,(H,91,92)(H,93,94)/t76?,77?,78?,79-,80-,81-/m1/s1. The second kappa shape index (κ2) is 73.8. The molecule has 0 spiro atoms. The Bertz CT molecular complexity index is 2030. The number of aliphatic hydroxyl groups is 1. The van der Waals surface area contributed by atoms with Gasteiger partial charge >= 0.3 is 39.5 Å².